The number of carbonyl (C=O) groups excluding carboxylic acids is 2. The van der Waals surface area contributed by atoms with Gasteiger partial charge >= 0.3 is 0 Å². The molecule has 0 aliphatic rings. The fourth-order valence-electron chi connectivity index (χ4n) is 0.372. The van der Waals surface area contributed by atoms with Gasteiger partial charge in [-0.15, -0.1) is 11.6 Å². The predicted molar refractivity (Wildman–Crippen MR) is 28.9 cm³/mol. The summed E-state index contributed by atoms with van der Waals surface area (Å²) in [5.74, 6) is -3.67. The molecular formula is C5H5ClO4-2. The molecule has 0 aromatic rings. The van der Waals surface area contributed by atoms with Gasteiger partial charge in [-0.2, -0.15) is 0 Å². The van der Waals surface area contributed by atoms with E-state index in [0.717, 1.165) is 0 Å². The Morgan fingerprint density at radius 1 is 1.40 bits per heavy atom. The first-order valence-electron chi connectivity index (χ1n) is 2.57. The van der Waals surface area contributed by atoms with Crippen molar-refractivity contribution in [1.29, 1.82) is 0 Å². The van der Waals surface area contributed by atoms with Gasteiger partial charge in [-0.1, -0.05) is 6.92 Å². The Balaban J connectivity index is 4.55. The van der Waals surface area contributed by atoms with E-state index in [9.17, 15) is 19.8 Å². The number of aliphatic carboxylic acids is 2. The highest BCUT2D eigenvalue weighted by Gasteiger charge is 2.28. The van der Waals surface area contributed by atoms with Gasteiger partial charge in [-0.25, -0.2) is 0 Å². The number of hydrogen-bond donors (Lipinski definition) is 0. The zero-order valence-electron chi connectivity index (χ0n) is 5.22. The molecule has 0 saturated carbocycles. The lowest BCUT2D eigenvalue weighted by atomic mass is 10.1. The first-order valence-corrected chi connectivity index (χ1v) is 2.94. The van der Waals surface area contributed by atoms with E-state index < -0.39 is 16.8 Å². The highest BCUT2D eigenvalue weighted by Crippen LogP contribution is 2.17. The molecule has 0 radical (unpaired) electrons. The maximum Gasteiger partial charge on any atom is 0.123 e. The van der Waals surface area contributed by atoms with Gasteiger partial charge in [-0.05, 0) is 6.42 Å². The molecule has 0 unspecified atom stereocenters. The van der Waals surface area contributed by atoms with Crippen LogP contribution in [0.1, 0.15) is 13.3 Å². The molecule has 0 aromatic carbocycles. The van der Waals surface area contributed by atoms with Crippen LogP contribution in [0.15, 0.2) is 0 Å². The average molecular weight is 165 g/mol. The molecule has 0 heterocycles. The molecule has 0 fully saturated rings. The van der Waals surface area contributed by atoms with Crippen LogP contribution >= 0.6 is 11.6 Å². The highest BCUT2D eigenvalue weighted by molar-refractivity contribution is 6.43. The number of hydrogen-bond acceptors (Lipinski definition) is 4. The number of carboxylic acid groups (broad SMARTS) is 2. The summed E-state index contributed by atoms with van der Waals surface area (Å²) in [6.07, 6.45) is -0.265. The van der Waals surface area contributed by atoms with Crippen LogP contribution in [-0.4, -0.2) is 16.8 Å². The Morgan fingerprint density at radius 3 is 1.70 bits per heavy atom. The van der Waals surface area contributed by atoms with E-state index in [1.807, 2.05) is 0 Å². The van der Waals surface area contributed by atoms with E-state index in [-0.39, 0.29) is 6.42 Å². The van der Waals surface area contributed by atoms with Crippen molar-refractivity contribution < 1.29 is 19.8 Å². The lowest BCUT2D eigenvalue weighted by molar-refractivity contribution is -0.328. The number of carbonyl (C=O) groups is 2. The summed E-state index contributed by atoms with van der Waals surface area (Å²) in [5.41, 5.74) is 0. The smallest absolute Gasteiger partial charge is 0.123 e. The summed E-state index contributed by atoms with van der Waals surface area (Å²) >= 11 is 5.07. The third-order valence-corrected chi connectivity index (χ3v) is 1.71. The van der Waals surface area contributed by atoms with E-state index in [1.165, 1.54) is 6.92 Å². The van der Waals surface area contributed by atoms with Gasteiger partial charge in [0.25, 0.3) is 0 Å². The van der Waals surface area contributed by atoms with E-state index in [4.69, 9.17) is 11.6 Å². The van der Waals surface area contributed by atoms with Gasteiger partial charge in [-0.3, -0.25) is 0 Å². The van der Waals surface area contributed by atoms with Crippen molar-refractivity contribution >= 4 is 23.5 Å². The van der Waals surface area contributed by atoms with Crippen molar-refractivity contribution in [3.05, 3.63) is 0 Å². The first kappa shape index (κ1) is 9.23. The molecule has 0 bridgehead atoms. The molecule has 0 rings (SSSR count). The third kappa shape index (κ3) is 1.39. The molecule has 0 aromatic heterocycles. The van der Waals surface area contributed by atoms with Gasteiger partial charge in [0.05, 0.1) is 11.9 Å². The number of halogens is 1. The Kier molecular flexibility index (Phi) is 2.65. The summed E-state index contributed by atoms with van der Waals surface area (Å²) in [6, 6.07) is 0. The lowest BCUT2D eigenvalue weighted by Crippen LogP contribution is -2.55. The van der Waals surface area contributed by atoms with Gasteiger partial charge in [0.2, 0.25) is 0 Å². The third-order valence-electron chi connectivity index (χ3n) is 1.13. The molecule has 10 heavy (non-hydrogen) atoms. The van der Waals surface area contributed by atoms with Crippen molar-refractivity contribution in [3.8, 4) is 0 Å². The van der Waals surface area contributed by atoms with Crippen LogP contribution in [0.2, 0.25) is 0 Å². The first-order chi connectivity index (χ1) is 4.45. The Morgan fingerprint density at radius 2 is 1.70 bits per heavy atom. The van der Waals surface area contributed by atoms with Crippen LogP contribution in [0, 0.1) is 0 Å². The second-order valence-corrected chi connectivity index (χ2v) is 2.37. The number of rotatable bonds is 3. The maximum atomic E-state index is 10.0. The second kappa shape index (κ2) is 2.88. The van der Waals surface area contributed by atoms with Gasteiger partial charge in [0, 0.05) is 0 Å². The summed E-state index contributed by atoms with van der Waals surface area (Å²) in [6.45, 7) is 1.32. The Hall–Kier alpha value is -0.770. The summed E-state index contributed by atoms with van der Waals surface area (Å²) in [5, 5.41) is 20.1. The molecule has 0 atom stereocenters. The zero-order chi connectivity index (χ0) is 8.36. The van der Waals surface area contributed by atoms with Gasteiger partial charge < -0.3 is 19.8 Å². The van der Waals surface area contributed by atoms with Crippen molar-refractivity contribution in [2.75, 3.05) is 0 Å². The maximum absolute atomic E-state index is 10.0. The van der Waals surface area contributed by atoms with Crippen LogP contribution in [0.25, 0.3) is 0 Å². The van der Waals surface area contributed by atoms with Crippen LogP contribution in [-0.2, 0) is 9.59 Å². The van der Waals surface area contributed by atoms with Crippen LogP contribution in [0.4, 0.5) is 0 Å². The van der Waals surface area contributed by atoms with Crippen LogP contribution < -0.4 is 10.2 Å². The molecule has 4 nitrogen and oxygen atoms in total. The summed E-state index contributed by atoms with van der Waals surface area (Å²) in [4.78, 5) is 17.7. The number of alkyl halides is 1. The van der Waals surface area contributed by atoms with E-state index >= 15 is 0 Å². The highest BCUT2D eigenvalue weighted by atomic mass is 35.5. The van der Waals surface area contributed by atoms with Crippen molar-refractivity contribution in [2.24, 2.45) is 0 Å². The molecular weight excluding hydrogens is 160 g/mol. The molecule has 0 N–H and O–H groups in total. The Bertz CT molecular complexity index is 151. The molecule has 0 amide bonds. The van der Waals surface area contributed by atoms with Crippen molar-refractivity contribution in [1.82, 2.24) is 0 Å². The standard InChI is InChI=1S/C5H7ClO4/c1-2-5(6,3(7)8)4(9)10/h2H2,1H3,(H,7,8)(H,9,10)/p-2. The predicted octanol–water partition coefficient (Wildman–Crippen LogP) is -2.13. The molecule has 0 spiro atoms. The van der Waals surface area contributed by atoms with E-state index in [2.05, 4.69) is 0 Å². The van der Waals surface area contributed by atoms with Crippen molar-refractivity contribution in [3.63, 3.8) is 0 Å². The second-order valence-electron chi connectivity index (χ2n) is 1.73. The summed E-state index contributed by atoms with van der Waals surface area (Å²) < 4.78 is 0. The van der Waals surface area contributed by atoms with E-state index in [1.54, 1.807) is 0 Å². The minimum Gasteiger partial charge on any atom is -0.548 e. The largest absolute Gasteiger partial charge is 0.548 e. The van der Waals surface area contributed by atoms with E-state index in [0.29, 0.717) is 0 Å². The molecule has 5 heteroatoms. The lowest BCUT2D eigenvalue weighted by Gasteiger charge is -2.27. The zero-order valence-corrected chi connectivity index (χ0v) is 5.97. The molecule has 0 aliphatic carbocycles. The van der Waals surface area contributed by atoms with Gasteiger partial charge in [0.1, 0.15) is 4.87 Å². The summed E-state index contributed by atoms with van der Waals surface area (Å²) in [7, 11) is 0. The molecule has 0 aliphatic heterocycles. The fraction of sp³-hybridized carbons (Fsp3) is 0.600. The van der Waals surface area contributed by atoms with Crippen LogP contribution in [0.3, 0.4) is 0 Å². The Labute approximate surface area is 62.4 Å². The molecule has 58 valence electrons. The molecule has 0 saturated heterocycles. The average Bonchev–Trinajstić information content (AvgIpc) is 1.85. The number of carboxylic acids is 2. The topological polar surface area (TPSA) is 80.3 Å². The van der Waals surface area contributed by atoms with Crippen molar-refractivity contribution in [2.45, 2.75) is 18.2 Å². The minimum absolute atomic E-state index is 0.265. The van der Waals surface area contributed by atoms with Crippen LogP contribution in [0.5, 0.6) is 0 Å². The fourth-order valence-corrected chi connectivity index (χ4v) is 0.372. The normalized spacial score (nSPS) is 11.0. The quantitative estimate of drug-likeness (QED) is 0.353. The van der Waals surface area contributed by atoms with Gasteiger partial charge in [0.15, 0.2) is 0 Å². The SMILES string of the molecule is CCC(Cl)(C(=O)[O-])C(=O)[O-]. The monoisotopic (exact) mass is 164 g/mol. The minimum atomic E-state index is -2.37.